The van der Waals surface area contributed by atoms with E-state index in [-0.39, 0.29) is 43.1 Å². The Balaban J connectivity index is 2.79. The first-order valence-corrected chi connectivity index (χ1v) is 22.0. The van der Waals surface area contributed by atoms with E-state index in [9.17, 15) is 14.4 Å². The molecule has 0 aliphatic carbocycles. The maximum absolute atomic E-state index is 12.8. The first-order chi connectivity index (χ1) is 25.8. The molecule has 0 amide bonds. The van der Waals surface area contributed by atoms with Crippen LogP contribution in [0, 0.1) is 0 Å². The molecule has 1 aliphatic rings. The number of hydrogen-bond acceptors (Lipinski definition) is 8. The number of carbonyl (C=O) groups is 3. The lowest BCUT2D eigenvalue weighted by Gasteiger charge is -2.18. The van der Waals surface area contributed by atoms with Crippen LogP contribution in [0.25, 0.3) is 0 Å². The molecule has 8 nitrogen and oxygen atoms in total. The summed E-state index contributed by atoms with van der Waals surface area (Å²) in [7, 11) is 4.03. The zero-order valence-electron chi connectivity index (χ0n) is 34.8. The summed E-state index contributed by atoms with van der Waals surface area (Å²) in [6.07, 6.45) is 36.2. The normalized spacial score (nSPS) is 21.9. The average Bonchev–Trinajstić information content (AvgIpc) is 3.13. The molecule has 1 heterocycles. The van der Waals surface area contributed by atoms with Crippen LogP contribution in [0.15, 0.2) is 24.3 Å². The number of unbranched alkanes of at least 4 members (excludes halogenated alkanes) is 6. The van der Waals surface area contributed by atoms with Crippen LogP contribution in [0.5, 0.6) is 0 Å². The van der Waals surface area contributed by atoms with E-state index in [1.54, 1.807) is 0 Å². The Hall–Kier alpha value is -2.35. The smallest absolute Gasteiger partial charge is 0.462 e. The summed E-state index contributed by atoms with van der Waals surface area (Å²) < 4.78 is 23.0. The molecule has 0 bridgehead atoms. The summed E-state index contributed by atoms with van der Waals surface area (Å²) in [5, 5.41) is 0. The average molecular weight is 748 g/mol. The van der Waals surface area contributed by atoms with Crippen LogP contribution >= 0.6 is 0 Å². The summed E-state index contributed by atoms with van der Waals surface area (Å²) in [5.74, 6) is -0.604. The Morgan fingerprint density at radius 2 is 1.11 bits per heavy atom. The Labute approximate surface area is 325 Å². The monoisotopic (exact) mass is 748 g/mol. The maximum atomic E-state index is 12.8. The molecule has 0 aromatic heterocycles. The molecule has 0 saturated heterocycles. The SMILES string of the molecule is CCCCCC[C@@H]1CC=CCCCCCCCC(OC(=O)OCCCN(C)C)CCCCCCCC=CC[C@@H](CCCCCC)OC(=O)CCC(=O)O1. The van der Waals surface area contributed by atoms with E-state index in [0.717, 1.165) is 116 Å². The van der Waals surface area contributed by atoms with Crippen molar-refractivity contribution in [3.8, 4) is 0 Å². The molecule has 0 spiro atoms. The zero-order valence-corrected chi connectivity index (χ0v) is 34.8. The van der Waals surface area contributed by atoms with Crippen molar-refractivity contribution in [3.63, 3.8) is 0 Å². The lowest BCUT2D eigenvalue weighted by atomic mass is 10.0. The summed E-state index contributed by atoms with van der Waals surface area (Å²) >= 11 is 0. The Morgan fingerprint density at radius 3 is 1.58 bits per heavy atom. The van der Waals surface area contributed by atoms with E-state index in [1.165, 1.54) is 51.4 Å². The molecule has 0 N–H and O–H groups in total. The Morgan fingerprint density at radius 1 is 0.642 bits per heavy atom. The standard InChI is InChI=1S/C45H81NO7/c1-5-7-9-23-30-40-32-25-19-15-11-13-17-21-27-34-42(53-45(49)50-39-29-38-46(3)4)35-28-22-18-14-12-16-20-26-33-41(31-24-10-8-6-2)52-44(48)37-36-43(47)51-40/h19-20,25-26,40-42H,5-18,21-24,27-39H2,1-4H3/t40-,41-,42?/m1/s1. The van der Waals surface area contributed by atoms with Gasteiger partial charge in [0.25, 0.3) is 0 Å². The minimum Gasteiger partial charge on any atom is -0.462 e. The molecule has 0 aromatic rings. The molecular formula is C45H81NO7. The van der Waals surface area contributed by atoms with Crippen molar-refractivity contribution in [2.45, 2.75) is 218 Å². The van der Waals surface area contributed by atoms with Gasteiger partial charge >= 0.3 is 18.1 Å². The largest absolute Gasteiger partial charge is 0.508 e. The van der Waals surface area contributed by atoms with Gasteiger partial charge in [0.1, 0.15) is 18.3 Å². The number of cyclic esters (lactones) is 2. The van der Waals surface area contributed by atoms with Crippen LogP contribution in [0.2, 0.25) is 0 Å². The fourth-order valence-electron chi connectivity index (χ4n) is 6.77. The lowest BCUT2D eigenvalue weighted by molar-refractivity contribution is -0.156. The molecule has 0 radical (unpaired) electrons. The molecule has 2 atom stereocenters. The van der Waals surface area contributed by atoms with Gasteiger partial charge < -0.3 is 23.8 Å². The van der Waals surface area contributed by atoms with Crippen molar-refractivity contribution in [2.24, 2.45) is 0 Å². The second kappa shape index (κ2) is 35.4. The molecule has 0 saturated carbocycles. The molecule has 0 fully saturated rings. The summed E-state index contributed by atoms with van der Waals surface area (Å²) in [5.41, 5.74) is 0. The van der Waals surface area contributed by atoms with Crippen LogP contribution < -0.4 is 0 Å². The predicted molar refractivity (Wildman–Crippen MR) is 218 cm³/mol. The topological polar surface area (TPSA) is 91.4 Å². The zero-order chi connectivity index (χ0) is 38.6. The van der Waals surface area contributed by atoms with Crippen molar-refractivity contribution >= 4 is 18.1 Å². The van der Waals surface area contributed by atoms with Crippen molar-refractivity contribution in [2.75, 3.05) is 27.2 Å². The van der Waals surface area contributed by atoms with Crippen LogP contribution in [0.4, 0.5) is 4.79 Å². The third kappa shape index (κ3) is 31.7. The number of hydrogen-bond donors (Lipinski definition) is 0. The molecular weight excluding hydrogens is 666 g/mol. The van der Waals surface area contributed by atoms with Crippen molar-refractivity contribution in [3.05, 3.63) is 24.3 Å². The van der Waals surface area contributed by atoms with Crippen molar-refractivity contribution < 1.29 is 33.3 Å². The van der Waals surface area contributed by atoms with E-state index in [2.05, 4.69) is 43.1 Å². The second-order valence-electron chi connectivity index (χ2n) is 15.5. The fraction of sp³-hybridized carbons (Fsp3) is 0.844. The van der Waals surface area contributed by atoms with Crippen LogP contribution in [0.3, 0.4) is 0 Å². The van der Waals surface area contributed by atoms with Crippen LogP contribution in [-0.4, -0.2) is 68.6 Å². The number of ether oxygens (including phenoxy) is 4. The van der Waals surface area contributed by atoms with E-state index in [0.29, 0.717) is 19.4 Å². The molecule has 308 valence electrons. The van der Waals surface area contributed by atoms with E-state index in [4.69, 9.17) is 18.9 Å². The lowest BCUT2D eigenvalue weighted by Crippen LogP contribution is -2.21. The highest BCUT2D eigenvalue weighted by molar-refractivity contribution is 5.77. The molecule has 0 unspecified atom stereocenters. The number of allylic oxidation sites excluding steroid dienone is 2. The third-order valence-corrected chi connectivity index (χ3v) is 10.0. The van der Waals surface area contributed by atoms with Gasteiger partial charge in [-0.3, -0.25) is 9.59 Å². The first kappa shape index (κ1) is 48.7. The number of nitrogens with zero attached hydrogens (tertiary/aromatic N) is 1. The highest BCUT2D eigenvalue weighted by Crippen LogP contribution is 2.20. The van der Waals surface area contributed by atoms with Crippen molar-refractivity contribution in [1.29, 1.82) is 0 Å². The van der Waals surface area contributed by atoms with Crippen LogP contribution in [-0.2, 0) is 28.5 Å². The summed E-state index contributed by atoms with van der Waals surface area (Å²) in [4.78, 5) is 40.2. The van der Waals surface area contributed by atoms with Gasteiger partial charge in [-0.1, -0.05) is 115 Å². The molecule has 0 aromatic carbocycles. The van der Waals surface area contributed by atoms with Crippen LogP contribution in [0.1, 0.15) is 200 Å². The third-order valence-electron chi connectivity index (χ3n) is 10.0. The Kier molecular flexibility index (Phi) is 32.5. The minimum atomic E-state index is -0.523. The van der Waals surface area contributed by atoms with Gasteiger partial charge in [-0.15, -0.1) is 0 Å². The number of carbonyl (C=O) groups excluding carboxylic acids is 3. The molecule has 1 aliphatic heterocycles. The maximum Gasteiger partial charge on any atom is 0.508 e. The van der Waals surface area contributed by atoms with Crippen molar-refractivity contribution in [1.82, 2.24) is 4.90 Å². The number of rotatable bonds is 15. The van der Waals surface area contributed by atoms with Gasteiger partial charge in [0.2, 0.25) is 0 Å². The van der Waals surface area contributed by atoms with Gasteiger partial charge in [-0.05, 0) is 97.6 Å². The fourth-order valence-corrected chi connectivity index (χ4v) is 6.77. The highest BCUT2D eigenvalue weighted by atomic mass is 16.7. The molecule has 53 heavy (non-hydrogen) atoms. The van der Waals surface area contributed by atoms with E-state index in [1.807, 2.05) is 14.1 Å². The molecule has 8 heteroatoms. The van der Waals surface area contributed by atoms with Gasteiger partial charge in [0, 0.05) is 19.4 Å². The summed E-state index contributed by atoms with van der Waals surface area (Å²) in [6.45, 7) is 5.67. The van der Waals surface area contributed by atoms with Gasteiger partial charge in [0.05, 0.1) is 19.4 Å². The van der Waals surface area contributed by atoms with Gasteiger partial charge in [0.15, 0.2) is 0 Å². The van der Waals surface area contributed by atoms with E-state index >= 15 is 0 Å². The Bertz CT molecular complexity index is 889. The first-order valence-electron chi connectivity index (χ1n) is 22.0. The number of esters is 2. The minimum absolute atomic E-state index is 0.0699. The highest BCUT2D eigenvalue weighted by Gasteiger charge is 2.18. The summed E-state index contributed by atoms with van der Waals surface area (Å²) in [6, 6.07) is 0. The molecule has 1 rings (SSSR count). The predicted octanol–water partition coefficient (Wildman–Crippen LogP) is 12.4. The van der Waals surface area contributed by atoms with Gasteiger partial charge in [-0.25, -0.2) is 4.79 Å². The van der Waals surface area contributed by atoms with Gasteiger partial charge in [-0.2, -0.15) is 0 Å². The van der Waals surface area contributed by atoms with E-state index < -0.39 is 6.16 Å². The second-order valence-corrected chi connectivity index (χ2v) is 15.5. The quantitative estimate of drug-likeness (QED) is 0.0708.